The van der Waals surface area contributed by atoms with E-state index >= 15 is 0 Å². The standard InChI is InChI=1S/C21H32N2O2/c22-14-16-10-12-17(13-11-16)15-23-20(18-6-2-1-3-7-18)21(24)25-19-8-4-5-9-19/h10-13,18-20,23H,1-9,14-15,22H2/t20-/m0/s1. The van der Waals surface area contributed by atoms with Crippen molar-refractivity contribution in [3.63, 3.8) is 0 Å². The zero-order valence-electron chi connectivity index (χ0n) is 15.2. The predicted octanol–water partition coefficient (Wildman–Crippen LogP) is 3.67. The average molecular weight is 344 g/mol. The number of nitrogens with two attached hydrogens (primary N) is 1. The molecule has 0 radical (unpaired) electrons. The van der Waals surface area contributed by atoms with Crippen molar-refractivity contribution in [1.29, 1.82) is 0 Å². The van der Waals surface area contributed by atoms with E-state index in [9.17, 15) is 4.79 Å². The lowest BCUT2D eigenvalue weighted by Gasteiger charge is -2.30. The summed E-state index contributed by atoms with van der Waals surface area (Å²) < 4.78 is 5.83. The summed E-state index contributed by atoms with van der Waals surface area (Å²) in [6, 6.07) is 8.13. The van der Waals surface area contributed by atoms with Crippen LogP contribution in [0.15, 0.2) is 24.3 Å². The zero-order valence-corrected chi connectivity index (χ0v) is 15.2. The van der Waals surface area contributed by atoms with Gasteiger partial charge >= 0.3 is 5.97 Å². The van der Waals surface area contributed by atoms with Crippen LogP contribution in [0.25, 0.3) is 0 Å². The summed E-state index contributed by atoms with van der Waals surface area (Å²) in [5, 5.41) is 3.51. The number of nitrogens with one attached hydrogen (secondary N) is 1. The van der Waals surface area contributed by atoms with Crippen molar-refractivity contribution in [1.82, 2.24) is 5.32 Å². The Hall–Kier alpha value is -1.39. The van der Waals surface area contributed by atoms with Crippen LogP contribution in [0.2, 0.25) is 0 Å². The first-order valence-corrected chi connectivity index (χ1v) is 9.98. The molecule has 2 aliphatic carbocycles. The molecule has 1 aromatic carbocycles. The van der Waals surface area contributed by atoms with Gasteiger partial charge in [0.2, 0.25) is 0 Å². The molecule has 1 atom stereocenters. The van der Waals surface area contributed by atoms with E-state index in [2.05, 4.69) is 29.6 Å². The van der Waals surface area contributed by atoms with Gasteiger partial charge in [0.15, 0.2) is 0 Å². The molecule has 0 aliphatic heterocycles. The van der Waals surface area contributed by atoms with Crippen LogP contribution in [0, 0.1) is 5.92 Å². The van der Waals surface area contributed by atoms with E-state index in [1.54, 1.807) is 0 Å². The van der Waals surface area contributed by atoms with Crippen LogP contribution in [-0.2, 0) is 22.6 Å². The highest BCUT2D eigenvalue weighted by molar-refractivity contribution is 5.76. The van der Waals surface area contributed by atoms with Crippen molar-refractivity contribution < 1.29 is 9.53 Å². The predicted molar refractivity (Wildman–Crippen MR) is 99.9 cm³/mol. The molecule has 4 nitrogen and oxygen atoms in total. The highest BCUT2D eigenvalue weighted by Gasteiger charge is 2.32. The topological polar surface area (TPSA) is 64.3 Å². The molecule has 0 bridgehead atoms. The van der Waals surface area contributed by atoms with E-state index in [4.69, 9.17) is 10.5 Å². The summed E-state index contributed by atoms with van der Waals surface area (Å²) in [6.07, 6.45) is 10.6. The van der Waals surface area contributed by atoms with Gasteiger partial charge in [0.25, 0.3) is 0 Å². The quantitative estimate of drug-likeness (QED) is 0.741. The number of ether oxygens (including phenoxy) is 1. The molecule has 0 saturated heterocycles. The minimum Gasteiger partial charge on any atom is -0.461 e. The smallest absolute Gasteiger partial charge is 0.323 e. The molecule has 2 aliphatic rings. The number of rotatable bonds is 7. The van der Waals surface area contributed by atoms with Crippen molar-refractivity contribution in [3.05, 3.63) is 35.4 Å². The average Bonchev–Trinajstić information content (AvgIpc) is 3.16. The molecule has 2 saturated carbocycles. The summed E-state index contributed by atoms with van der Waals surface area (Å²) in [4.78, 5) is 12.8. The molecule has 0 unspecified atom stereocenters. The minimum absolute atomic E-state index is 0.0302. The molecular formula is C21H32N2O2. The maximum atomic E-state index is 12.8. The zero-order chi connectivity index (χ0) is 17.5. The van der Waals surface area contributed by atoms with Crippen molar-refractivity contribution in [3.8, 4) is 0 Å². The SMILES string of the molecule is NCc1ccc(CN[C@H](C(=O)OC2CCCC2)C2CCCCC2)cc1. The highest BCUT2D eigenvalue weighted by Crippen LogP contribution is 2.29. The third-order valence-electron chi connectivity index (χ3n) is 5.74. The maximum absolute atomic E-state index is 12.8. The van der Waals surface area contributed by atoms with E-state index in [-0.39, 0.29) is 18.1 Å². The van der Waals surface area contributed by atoms with Gasteiger partial charge in [-0.2, -0.15) is 0 Å². The first kappa shape index (κ1) is 18.4. The largest absolute Gasteiger partial charge is 0.461 e. The third kappa shape index (κ3) is 5.29. The Morgan fingerprint density at radius 2 is 1.60 bits per heavy atom. The molecule has 4 heteroatoms. The Bertz CT molecular complexity index is 531. The maximum Gasteiger partial charge on any atom is 0.323 e. The Labute approximate surface area is 151 Å². The van der Waals surface area contributed by atoms with Crippen LogP contribution in [0.3, 0.4) is 0 Å². The van der Waals surface area contributed by atoms with Gasteiger partial charge in [0.1, 0.15) is 12.1 Å². The molecule has 2 fully saturated rings. The summed E-state index contributed by atoms with van der Waals surface area (Å²) in [5.41, 5.74) is 7.98. The molecule has 1 aromatic rings. The molecule has 138 valence electrons. The molecule has 0 spiro atoms. The third-order valence-corrected chi connectivity index (χ3v) is 5.74. The van der Waals surface area contributed by atoms with E-state index in [1.165, 1.54) is 37.7 Å². The Morgan fingerprint density at radius 3 is 2.24 bits per heavy atom. The second-order valence-electron chi connectivity index (χ2n) is 7.62. The molecule has 3 rings (SSSR count). The fourth-order valence-electron chi connectivity index (χ4n) is 4.17. The van der Waals surface area contributed by atoms with Gasteiger partial charge in [0.05, 0.1) is 0 Å². The van der Waals surface area contributed by atoms with Crippen LogP contribution >= 0.6 is 0 Å². The number of carbonyl (C=O) groups excluding carboxylic acids is 1. The fourth-order valence-corrected chi connectivity index (χ4v) is 4.17. The Balaban J connectivity index is 1.61. The lowest BCUT2D eigenvalue weighted by atomic mass is 9.83. The normalized spacial score (nSPS) is 20.5. The number of hydrogen-bond donors (Lipinski definition) is 2. The van der Waals surface area contributed by atoms with Crippen LogP contribution in [0.5, 0.6) is 0 Å². The Kier molecular flexibility index (Phi) is 6.88. The lowest BCUT2D eigenvalue weighted by molar-refractivity contribution is -0.153. The van der Waals surface area contributed by atoms with Crippen molar-refractivity contribution in [2.45, 2.75) is 83.0 Å². The fraction of sp³-hybridized carbons (Fsp3) is 0.667. The lowest BCUT2D eigenvalue weighted by Crippen LogP contribution is -2.45. The summed E-state index contributed by atoms with van der Waals surface area (Å²) >= 11 is 0. The van der Waals surface area contributed by atoms with Crippen molar-refractivity contribution in [2.75, 3.05) is 0 Å². The molecule has 0 amide bonds. The second kappa shape index (κ2) is 9.35. The van der Waals surface area contributed by atoms with Gasteiger partial charge in [-0.15, -0.1) is 0 Å². The summed E-state index contributed by atoms with van der Waals surface area (Å²) in [6.45, 7) is 1.26. The minimum atomic E-state index is -0.171. The van der Waals surface area contributed by atoms with Crippen LogP contribution < -0.4 is 11.1 Å². The number of esters is 1. The van der Waals surface area contributed by atoms with Crippen molar-refractivity contribution >= 4 is 5.97 Å². The molecule has 0 heterocycles. The van der Waals surface area contributed by atoms with Gasteiger partial charge in [-0.25, -0.2) is 0 Å². The van der Waals surface area contributed by atoms with E-state index in [1.807, 2.05) is 0 Å². The van der Waals surface area contributed by atoms with Crippen LogP contribution in [-0.4, -0.2) is 18.1 Å². The number of hydrogen-bond acceptors (Lipinski definition) is 4. The molecule has 3 N–H and O–H groups in total. The number of carbonyl (C=O) groups is 1. The van der Waals surface area contributed by atoms with Crippen LogP contribution in [0.1, 0.15) is 68.9 Å². The van der Waals surface area contributed by atoms with Crippen molar-refractivity contribution in [2.24, 2.45) is 11.7 Å². The van der Waals surface area contributed by atoms with E-state index in [0.29, 0.717) is 19.0 Å². The first-order valence-electron chi connectivity index (χ1n) is 9.98. The monoisotopic (exact) mass is 344 g/mol. The van der Waals surface area contributed by atoms with Gasteiger partial charge in [-0.05, 0) is 55.6 Å². The van der Waals surface area contributed by atoms with E-state index in [0.717, 1.165) is 31.2 Å². The van der Waals surface area contributed by atoms with Gasteiger partial charge in [0, 0.05) is 13.1 Å². The first-order chi connectivity index (χ1) is 12.3. The van der Waals surface area contributed by atoms with Gasteiger partial charge < -0.3 is 15.8 Å². The second-order valence-corrected chi connectivity index (χ2v) is 7.62. The Morgan fingerprint density at radius 1 is 1.00 bits per heavy atom. The molecule has 25 heavy (non-hydrogen) atoms. The molecular weight excluding hydrogens is 312 g/mol. The van der Waals surface area contributed by atoms with E-state index < -0.39 is 0 Å². The molecule has 0 aromatic heterocycles. The summed E-state index contributed by atoms with van der Waals surface area (Å²) in [7, 11) is 0. The summed E-state index contributed by atoms with van der Waals surface area (Å²) in [5.74, 6) is 0.378. The van der Waals surface area contributed by atoms with Crippen LogP contribution in [0.4, 0.5) is 0 Å². The van der Waals surface area contributed by atoms with Gasteiger partial charge in [-0.1, -0.05) is 43.5 Å². The highest BCUT2D eigenvalue weighted by atomic mass is 16.5. The van der Waals surface area contributed by atoms with Gasteiger partial charge in [-0.3, -0.25) is 4.79 Å². The number of benzene rings is 1.